The van der Waals surface area contributed by atoms with Crippen LogP contribution in [0.5, 0.6) is 0 Å². The third kappa shape index (κ3) is 5.89. The summed E-state index contributed by atoms with van der Waals surface area (Å²) in [5.74, 6) is -2.07. The minimum atomic E-state index is -1.09. The smallest absolute Gasteiger partial charge is 0.335 e. The number of aromatic carboxylic acids is 1. The number of anilines is 2. The van der Waals surface area contributed by atoms with E-state index in [1.165, 1.54) is 36.4 Å². The molecule has 0 radical (unpaired) electrons. The van der Waals surface area contributed by atoms with E-state index in [4.69, 9.17) is 5.11 Å². The first-order chi connectivity index (χ1) is 14.8. The van der Waals surface area contributed by atoms with Crippen molar-refractivity contribution in [1.82, 2.24) is 14.8 Å². The van der Waals surface area contributed by atoms with E-state index >= 15 is 0 Å². The molecule has 0 fully saturated rings. The summed E-state index contributed by atoms with van der Waals surface area (Å²) in [6.07, 6.45) is -0.118. The van der Waals surface area contributed by atoms with Crippen molar-refractivity contribution in [1.29, 1.82) is 0 Å². The van der Waals surface area contributed by atoms with Gasteiger partial charge in [-0.3, -0.25) is 9.59 Å². The molecular formula is C20H18FN5O4S. The minimum Gasteiger partial charge on any atom is -0.478 e. The van der Waals surface area contributed by atoms with Crippen molar-refractivity contribution in [2.24, 2.45) is 7.05 Å². The lowest BCUT2D eigenvalue weighted by Crippen LogP contribution is -2.18. The standard InChI is InChI=1S/C20H18FN5O4S/c1-26-16(10-17(27)23-15-8-3-2-7-14(15)21)24-25-20(26)31-11-18(28)22-13-6-4-5-12(9-13)19(29)30/h2-9H,10-11H2,1H3,(H,22,28)(H,23,27)(H,29,30). The molecule has 3 aromatic rings. The number of amides is 2. The summed E-state index contributed by atoms with van der Waals surface area (Å²) in [7, 11) is 1.66. The van der Waals surface area contributed by atoms with Gasteiger partial charge in [-0.2, -0.15) is 0 Å². The van der Waals surface area contributed by atoms with E-state index in [9.17, 15) is 18.8 Å². The highest BCUT2D eigenvalue weighted by Gasteiger charge is 2.15. The van der Waals surface area contributed by atoms with E-state index in [1.54, 1.807) is 23.7 Å². The molecule has 0 bridgehead atoms. The zero-order valence-corrected chi connectivity index (χ0v) is 17.1. The molecule has 2 aromatic carbocycles. The summed E-state index contributed by atoms with van der Waals surface area (Å²) in [5, 5.41) is 22.4. The van der Waals surface area contributed by atoms with Crippen LogP contribution in [0.1, 0.15) is 16.2 Å². The molecule has 31 heavy (non-hydrogen) atoms. The Labute approximate surface area is 180 Å². The Bertz CT molecular complexity index is 1130. The van der Waals surface area contributed by atoms with Crippen LogP contribution in [-0.2, 0) is 23.1 Å². The number of para-hydroxylation sites is 1. The van der Waals surface area contributed by atoms with Crippen LogP contribution in [0.15, 0.2) is 53.7 Å². The summed E-state index contributed by atoms with van der Waals surface area (Å²) in [5.41, 5.74) is 0.513. The van der Waals surface area contributed by atoms with Crippen LogP contribution in [0.25, 0.3) is 0 Å². The number of nitrogens with zero attached hydrogens (tertiary/aromatic N) is 3. The largest absolute Gasteiger partial charge is 0.478 e. The second-order valence-corrected chi connectivity index (χ2v) is 7.33. The van der Waals surface area contributed by atoms with Crippen molar-refractivity contribution in [2.45, 2.75) is 11.6 Å². The Morgan fingerprint density at radius 3 is 2.58 bits per heavy atom. The van der Waals surface area contributed by atoms with Crippen molar-refractivity contribution < 1.29 is 23.9 Å². The molecule has 3 rings (SSSR count). The highest BCUT2D eigenvalue weighted by Crippen LogP contribution is 2.18. The van der Waals surface area contributed by atoms with Gasteiger partial charge in [0, 0.05) is 12.7 Å². The summed E-state index contributed by atoms with van der Waals surface area (Å²) < 4.78 is 15.2. The van der Waals surface area contributed by atoms with E-state index in [-0.39, 0.29) is 29.3 Å². The van der Waals surface area contributed by atoms with Gasteiger partial charge in [-0.15, -0.1) is 10.2 Å². The molecule has 3 N–H and O–H groups in total. The van der Waals surface area contributed by atoms with Gasteiger partial charge in [0.05, 0.1) is 23.4 Å². The van der Waals surface area contributed by atoms with Crippen molar-refractivity contribution in [3.8, 4) is 0 Å². The zero-order valence-electron chi connectivity index (χ0n) is 16.3. The van der Waals surface area contributed by atoms with Crippen LogP contribution in [0.3, 0.4) is 0 Å². The van der Waals surface area contributed by atoms with E-state index in [2.05, 4.69) is 20.8 Å². The molecule has 0 unspecified atom stereocenters. The monoisotopic (exact) mass is 443 g/mol. The molecule has 0 atom stereocenters. The third-order valence-corrected chi connectivity index (χ3v) is 5.14. The molecule has 0 saturated heterocycles. The first-order valence-electron chi connectivity index (χ1n) is 9.02. The number of nitrogens with one attached hydrogen (secondary N) is 2. The van der Waals surface area contributed by atoms with Crippen LogP contribution in [-0.4, -0.2) is 43.4 Å². The van der Waals surface area contributed by atoms with Crippen molar-refractivity contribution in [3.05, 3.63) is 65.7 Å². The van der Waals surface area contributed by atoms with E-state index < -0.39 is 17.7 Å². The molecule has 160 valence electrons. The van der Waals surface area contributed by atoms with Gasteiger partial charge >= 0.3 is 5.97 Å². The average molecular weight is 443 g/mol. The van der Waals surface area contributed by atoms with Gasteiger partial charge in [0.1, 0.15) is 11.6 Å². The fraction of sp³-hybridized carbons (Fsp3) is 0.150. The maximum absolute atomic E-state index is 13.6. The minimum absolute atomic E-state index is 0.00466. The lowest BCUT2D eigenvalue weighted by molar-refractivity contribution is -0.116. The van der Waals surface area contributed by atoms with Crippen LogP contribution in [0.4, 0.5) is 15.8 Å². The zero-order chi connectivity index (χ0) is 22.4. The van der Waals surface area contributed by atoms with Crippen LogP contribution in [0, 0.1) is 5.82 Å². The fourth-order valence-electron chi connectivity index (χ4n) is 2.58. The second-order valence-electron chi connectivity index (χ2n) is 6.39. The highest BCUT2D eigenvalue weighted by atomic mass is 32.2. The maximum Gasteiger partial charge on any atom is 0.335 e. The van der Waals surface area contributed by atoms with Gasteiger partial charge in [0.15, 0.2) is 5.16 Å². The van der Waals surface area contributed by atoms with Gasteiger partial charge < -0.3 is 20.3 Å². The summed E-state index contributed by atoms with van der Waals surface area (Å²) >= 11 is 1.11. The Balaban J connectivity index is 1.54. The number of aromatic nitrogens is 3. The number of carbonyl (C=O) groups is 3. The molecule has 0 aliphatic carbocycles. The van der Waals surface area contributed by atoms with E-state index in [0.29, 0.717) is 16.7 Å². The van der Waals surface area contributed by atoms with Gasteiger partial charge in [-0.05, 0) is 30.3 Å². The summed E-state index contributed by atoms with van der Waals surface area (Å²) in [4.78, 5) is 35.3. The Kier molecular flexibility index (Phi) is 6.98. The number of hydrogen-bond acceptors (Lipinski definition) is 6. The molecule has 11 heteroatoms. The highest BCUT2D eigenvalue weighted by molar-refractivity contribution is 7.99. The quantitative estimate of drug-likeness (QED) is 0.457. The van der Waals surface area contributed by atoms with Crippen LogP contribution < -0.4 is 10.6 Å². The van der Waals surface area contributed by atoms with Gasteiger partial charge in [-0.1, -0.05) is 30.0 Å². The number of thioether (sulfide) groups is 1. The van der Waals surface area contributed by atoms with E-state index in [0.717, 1.165) is 11.8 Å². The number of halogens is 1. The molecule has 1 heterocycles. The molecular weight excluding hydrogens is 425 g/mol. The van der Waals surface area contributed by atoms with E-state index in [1.807, 2.05) is 0 Å². The molecule has 0 saturated carbocycles. The normalized spacial score (nSPS) is 10.5. The summed E-state index contributed by atoms with van der Waals surface area (Å²) in [6, 6.07) is 11.7. The van der Waals surface area contributed by atoms with Crippen molar-refractivity contribution in [2.75, 3.05) is 16.4 Å². The topological polar surface area (TPSA) is 126 Å². The lowest BCUT2D eigenvalue weighted by Gasteiger charge is -2.07. The van der Waals surface area contributed by atoms with Gasteiger partial charge in [-0.25, -0.2) is 9.18 Å². The van der Waals surface area contributed by atoms with Crippen LogP contribution >= 0.6 is 11.8 Å². The van der Waals surface area contributed by atoms with Gasteiger partial charge in [0.25, 0.3) is 0 Å². The molecule has 2 amide bonds. The summed E-state index contributed by atoms with van der Waals surface area (Å²) in [6.45, 7) is 0. The predicted molar refractivity (Wildman–Crippen MR) is 112 cm³/mol. The van der Waals surface area contributed by atoms with Gasteiger partial charge in [0.2, 0.25) is 11.8 Å². The van der Waals surface area contributed by atoms with Crippen molar-refractivity contribution >= 4 is 40.9 Å². The predicted octanol–water partition coefficient (Wildman–Crippen LogP) is 2.56. The van der Waals surface area contributed by atoms with Crippen LogP contribution in [0.2, 0.25) is 0 Å². The number of rotatable bonds is 8. The number of hydrogen-bond donors (Lipinski definition) is 3. The SMILES string of the molecule is Cn1c(CC(=O)Nc2ccccc2F)nnc1SCC(=O)Nc1cccc(C(=O)O)c1. The maximum atomic E-state index is 13.6. The molecule has 9 nitrogen and oxygen atoms in total. The molecule has 0 aliphatic heterocycles. The Morgan fingerprint density at radius 1 is 1.06 bits per heavy atom. The Morgan fingerprint density at radius 2 is 1.84 bits per heavy atom. The third-order valence-electron chi connectivity index (χ3n) is 4.12. The first kappa shape index (κ1) is 22.0. The Hall–Kier alpha value is -3.73. The number of carboxylic acids is 1. The molecule has 0 spiro atoms. The molecule has 1 aromatic heterocycles. The molecule has 0 aliphatic rings. The van der Waals surface area contributed by atoms with Crippen molar-refractivity contribution in [3.63, 3.8) is 0 Å². The fourth-order valence-corrected chi connectivity index (χ4v) is 3.31. The lowest BCUT2D eigenvalue weighted by atomic mass is 10.2. The second kappa shape index (κ2) is 9.85. The number of benzene rings is 2. The number of carboxylic acid groups (broad SMARTS) is 1. The average Bonchev–Trinajstić information content (AvgIpc) is 3.07. The first-order valence-corrected chi connectivity index (χ1v) is 10.0. The number of carbonyl (C=O) groups excluding carboxylic acids is 2.